The standard InChI is InChI=1S/C16H16N2O.ClH/c1-18(2)15-8-5-13(6-9-15)7-10-16(19)14-4-3-11-17-12-14;/h3-12H,1-2H3;1H/p-1/b10-7+;. The van der Waals surface area contributed by atoms with Crippen LogP contribution >= 0.6 is 0 Å². The van der Waals surface area contributed by atoms with Crippen molar-refractivity contribution >= 4 is 17.5 Å². The lowest BCUT2D eigenvalue weighted by Gasteiger charge is -2.11. The molecule has 0 aliphatic rings. The fourth-order valence-corrected chi connectivity index (χ4v) is 1.66. The second-order valence-corrected chi connectivity index (χ2v) is 4.43. The van der Waals surface area contributed by atoms with Crippen LogP contribution in [0, 0.1) is 0 Å². The van der Waals surface area contributed by atoms with Crippen LogP contribution in [0.5, 0.6) is 0 Å². The summed E-state index contributed by atoms with van der Waals surface area (Å²) in [7, 11) is 3.99. The van der Waals surface area contributed by atoms with Gasteiger partial charge in [0.2, 0.25) is 0 Å². The van der Waals surface area contributed by atoms with E-state index in [1.54, 1.807) is 30.6 Å². The van der Waals surface area contributed by atoms with Gasteiger partial charge in [-0.3, -0.25) is 9.78 Å². The summed E-state index contributed by atoms with van der Waals surface area (Å²) in [6.45, 7) is 0. The van der Waals surface area contributed by atoms with E-state index in [1.807, 2.05) is 49.3 Å². The number of hydrogen-bond donors (Lipinski definition) is 0. The first-order valence-corrected chi connectivity index (χ1v) is 6.06. The Morgan fingerprint density at radius 2 is 1.85 bits per heavy atom. The van der Waals surface area contributed by atoms with Crippen LogP contribution in [0.1, 0.15) is 15.9 Å². The van der Waals surface area contributed by atoms with Crippen molar-refractivity contribution in [1.82, 2.24) is 4.98 Å². The maximum Gasteiger partial charge on any atom is 0.187 e. The Hall–Kier alpha value is -2.13. The van der Waals surface area contributed by atoms with E-state index in [0.29, 0.717) is 5.56 Å². The molecule has 0 bridgehead atoms. The number of rotatable bonds is 4. The summed E-state index contributed by atoms with van der Waals surface area (Å²) in [6, 6.07) is 11.5. The SMILES string of the molecule is CN(C)c1ccc(/C=C/C(=O)c2cccnc2)cc1.[Cl-]. The largest absolute Gasteiger partial charge is 1.00 e. The van der Waals surface area contributed by atoms with Gasteiger partial charge in [0, 0.05) is 37.7 Å². The van der Waals surface area contributed by atoms with E-state index in [9.17, 15) is 4.79 Å². The third-order valence-corrected chi connectivity index (χ3v) is 2.78. The lowest BCUT2D eigenvalue weighted by atomic mass is 10.1. The number of hydrogen-bond acceptors (Lipinski definition) is 3. The molecule has 0 fully saturated rings. The van der Waals surface area contributed by atoms with Crippen molar-refractivity contribution in [2.45, 2.75) is 0 Å². The molecule has 2 aromatic rings. The van der Waals surface area contributed by atoms with Crippen LogP contribution in [0.3, 0.4) is 0 Å². The van der Waals surface area contributed by atoms with Gasteiger partial charge in [-0.2, -0.15) is 0 Å². The molecule has 20 heavy (non-hydrogen) atoms. The maximum absolute atomic E-state index is 11.9. The second kappa shape index (κ2) is 7.46. The van der Waals surface area contributed by atoms with Crippen molar-refractivity contribution in [3.63, 3.8) is 0 Å². The van der Waals surface area contributed by atoms with E-state index in [1.165, 1.54) is 0 Å². The fourth-order valence-electron chi connectivity index (χ4n) is 1.66. The van der Waals surface area contributed by atoms with Gasteiger partial charge in [-0.15, -0.1) is 0 Å². The molecule has 0 saturated carbocycles. The minimum atomic E-state index is -0.0372. The summed E-state index contributed by atoms with van der Waals surface area (Å²) in [6.07, 6.45) is 6.61. The van der Waals surface area contributed by atoms with Gasteiger partial charge >= 0.3 is 0 Å². The molecule has 4 heteroatoms. The second-order valence-electron chi connectivity index (χ2n) is 4.43. The molecule has 1 heterocycles. The summed E-state index contributed by atoms with van der Waals surface area (Å²) in [5.41, 5.74) is 2.74. The van der Waals surface area contributed by atoms with Crippen molar-refractivity contribution in [3.05, 3.63) is 66.0 Å². The number of carbonyl (C=O) groups excluding carboxylic acids is 1. The Balaban J connectivity index is 0.00000200. The Morgan fingerprint density at radius 3 is 2.40 bits per heavy atom. The van der Waals surface area contributed by atoms with Crippen LogP contribution in [0.25, 0.3) is 6.08 Å². The van der Waals surface area contributed by atoms with Crippen LogP contribution < -0.4 is 17.3 Å². The van der Waals surface area contributed by atoms with Gasteiger partial charge in [0.15, 0.2) is 5.78 Å². The molecule has 104 valence electrons. The van der Waals surface area contributed by atoms with Crippen LogP contribution in [0.2, 0.25) is 0 Å². The van der Waals surface area contributed by atoms with Crippen molar-refractivity contribution in [1.29, 1.82) is 0 Å². The first kappa shape index (κ1) is 15.9. The predicted octanol–water partition coefficient (Wildman–Crippen LogP) is 0.0477. The molecule has 0 amide bonds. The number of nitrogens with zero attached hydrogens (tertiary/aromatic N) is 2. The Kier molecular flexibility index (Phi) is 5.94. The number of anilines is 1. The number of pyridine rings is 1. The molecule has 0 spiro atoms. The monoisotopic (exact) mass is 287 g/mol. The first-order valence-electron chi connectivity index (χ1n) is 6.06. The van der Waals surface area contributed by atoms with Gasteiger partial charge in [0.1, 0.15) is 0 Å². The number of allylic oxidation sites excluding steroid dienone is 1. The topological polar surface area (TPSA) is 33.2 Å². The molecule has 1 aromatic carbocycles. The number of benzene rings is 1. The van der Waals surface area contributed by atoms with Gasteiger partial charge in [-0.25, -0.2) is 0 Å². The third kappa shape index (κ3) is 4.21. The molecule has 2 rings (SSSR count). The highest BCUT2D eigenvalue weighted by Gasteiger charge is 2.00. The zero-order valence-electron chi connectivity index (χ0n) is 11.5. The molecule has 0 radical (unpaired) electrons. The number of ketones is 1. The minimum absolute atomic E-state index is 0. The van der Waals surface area contributed by atoms with Crippen molar-refractivity contribution in [3.8, 4) is 0 Å². The Bertz CT molecular complexity index is 577. The van der Waals surface area contributed by atoms with Gasteiger partial charge in [0.05, 0.1) is 0 Å². The van der Waals surface area contributed by atoms with Crippen LogP contribution in [-0.4, -0.2) is 24.9 Å². The van der Waals surface area contributed by atoms with Gasteiger partial charge < -0.3 is 17.3 Å². The summed E-state index contributed by atoms with van der Waals surface area (Å²) in [5.74, 6) is -0.0372. The third-order valence-electron chi connectivity index (χ3n) is 2.78. The van der Waals surface area contributed by atoms with Crippen molar-refractivity contribution < 1.29 is 17.2 Å². The normalized spacial score (nSPS) is 10.1. The lowest BCUT2D eigenvalue weighted by molar-refractivity contribution is -0.0000113. The molecule has 0 saturated heterocycles. The Morgan fingerprint density at radius 1 is 1.15 bits per heavy atom. The first-order chi connectivity index (χ1) is 9.16. The molecular formula is C16H16ClN2O-. The highest BCUT2D eigenvalue weighted by molar-refractivity contribution is 6.06. The zero-order valence-corrected chi connectivity index (χ0v) is 12.2. The molecular weight excluding hydrogens is 272 g/mol. The summed E-state index contributed by atoms with van der Waals surface area (Å²) in [5, 5.41) is 0. The molecule has 0 atom stereocenters. The molecule has 1 aromatic heterocycles. The van der Waals surface area contributed by atoms with E-state index in [2.05, 4.69) is 4.98 Å². The van der Waals surface area contributed by atoms with Crippen LogP contribution in [-0.2, 0) is 0 Å². The van der Waals surface area contributed by atoms with E-state index in [0.717, 1.165) is 11.3 Å². The summed E-state index contributed by atoms with van der Waals surface area (Å²) < 4.78 is 0. The van der Waals surface area contributed by atoms with E-state index < -0.39 is 0 Å². The highest BCUT2D eigenvalue weighted by atomic mass is 35.5. The number of halogens is 1. The highest BCUT2D eigenvalue weighted by Crippen LogP contribution is 2.13. The Labute approximate surface area is 125 Å². The van der Waals surface area contributed by atoms with Gasteiger partial charge in [-0.1, -0.05) is 18.2 Å². The predicted molar refractivity (Wildman–Crippen MR) is 78.4 cm³/mol. The average Bonchev–Trinajstić information content (AvgIpc) is 2.46. The maximum atomic E-state index is 11.9. The smallest absolute Gasteiger partial charge is 0.187 e. The molecule has 0 N–H and O–H groups in total. The van der Waals surface area contributed by atoms with Gasteiger partial charge in [-0.05, 0) is 35.9 Å². The van der Waals surface area contributed by atoms with Crippen LogP contribution in [0.15, 0.2) is 54.9 Å². The number of carbonyl (C=O) groups is 1. The van der Waals surface area contributed by atoms with E-state index in [4.69, 9.17) is 0 Å². The van der Waals surface area contributed by atoms with Crippen LogP contribution in [0.4, 0.5) is 5.69 Å². The molecule has 0 aliphatic carbocycles. The number of aromatic nitrogens is 1. The average molecular weight is 288 g/mol. The fraction of sp³-hybridized carbons (Fsp3) is 0.125. The molecule has 0 unspecified atom stereocenters. The van der Waals surface area contributed by atoms with E-state index >= 15 is 0 Å². The lowest BCUT2D eigenvalue weighted by Crippen LogP contribution is -3.00. The zero-order chi connectivity index (χ0) is 13.7. The van der Waals surface area contributed by atoms with E-state index in [-0.39, 0.29) is 18.2 Å². The summed E-state index contributed by atoms with van der Waals surface area (Å²) in [4.78, 5) is 17.8. The molecule has 3 nitrogen and oxygen atoms in total. The van der Waals surface area contributed by atoms with Gasteiger partial charge in [0.25, 0.3) is 0 Å². The summed E-state index contributed by atoms with van der Waals surface area (Å²) >= 11 is 0. The minimum Gasteiger partial charge on any atom is -1.00 e. The van der Waals surface area contributed by atoms with Crippen molar-refractivity contribution in [2.24, 2.45) is 0 Å². The molecule has 0 aliphatic heterocycles. The van der Waals surface area contributed by atoms with Crippen molar-refractivity contribution in [2.75, 3.05) is 19.0 Å². The quantitative estimate of drug-likeness (QED) is 0.588.